The molecule has 1 heterocycles. The van der Waals surface area contributed by atoms with Crippen LogP contribution in [0.5, 0.6) is 0 Å². The number of hydrogen-bond acceptors (Lipinski definition) is 4. The van der Waals surface area contributed by atoms with E-state index >= 15 is 0 Å². The zero-order valence-corrected chi connectivity index (χ0v) is 12.4. The van der Waals surface area contributed by atoms with Gasteiger partial charge in [0, 0.05) is 9.75 Å². The first-order chi connectivity index (χ1) is 9.51. The largest absolute Gasteiger partial charge is 0.465 e. The third-order valence-corrected chi connectivity index (χ3v) is 4.13. The number of rotatable bonds is 4. The number of carbonyl (C=O) groups is 1. The van der Waals surface area contributed by atoms with E-state index in [4.69, 9.17) is 0 Å². The Hall–Kier alpha value is -1.88. The number of thiophene rings is 1. The Morgan fingerprint density at radius 2 is 2.10 bits per heavy atom. The minimum atomic E-state index is -0.479. The molecule has 106 valence electrons. The van der Waals surface area contributed by atoms with E-state index < -0.39 is 11.8 Å². The van der Waals surface area contributed by atoms with E-state index in [1.807, 2.05) is 26.0 Å². The third kappa shape index (κ3) is 3.17. The average molecular weight is 293 g/mol. The molecular formula is C15H16FNO2S. The monoisotopic (exact) mass is 293 g/mol. The number of carbonyl (C=O) groups excluding carboxylic acids is 1. The summed E-state index contributed by atoms with van der Waals surface area (Å²) in [5.74, 6) is -0.870. The van der Waals surface area contributed by atoms with Gasteiger partial charge in [0.25, 0.3) is 0 Å². The van der Waals surface area contributed by atoms with Crippen LogP contribution in [-0.2, 0) is 4.74 Å². The van der Waals surface area contributed by atoms with Gasteiger partial charge in [-0.2, -0.15) is 0 Å². The molecule has 1 unspecified atom stereocenters. The average Bonchev–Trinajstić information content (AvgIpc) is 2.87. The fourth-order valence-corrected chi connectivity index (χ4v) is 2.75. The highest BCUT2D eigenvalue weighted by atomic mass is 32.1. The number of ether oxygens (including phenoxy) is 1. The van der Waals surface area contributed by atoms with Gasteiger partial charge < -0.3 is 10.1 Å². The van der Waals surface area contributed by atoms with Gasteiger partial charge in [0.2, 0.25) is 0 Å². The van der Waals surface area contributed by atoms with Crippen LogP contribution in [0.4, 0.5) is 10.1 Å². The molecule has 1 aromatic heterocycles. The van der Waals surface area contributed by atoms with Gasteiger partial charge >= 0.3 is 5.97 Å². The lowest BCUT2D eigenvalue weighted by molar-refractivity contribution is 0.0600. The lowest BCUT2D eigenvalue weighted by Crippen LogP contribution is -2.08. The van der Waals surface area contributed by atoms with Crippen LogP contribution in [0.25, 0.3) is 0 Å². The number of anilines is 1. The molecular weight excluding hydrogens is 277 g/mol. The first-order valence-electron chi connectivity index (χ1n) is 6.22. The fraction of sp³-hybridized carbons (Fsp3) is 0.267. The van der Waals surface area contributed by atoms with Crippen molar-refractivity contribution in [1.29, 1.82) is 0 Å². The number of esters is 1. The van der Waals surface area contributed by atoms with Gasteiger partial charge in [0.1, 0.15) is 5.82 Å². The molecule has 1 atom stereocenters. The number of aryl methyl sites for hydroxylation is 1. The van der Waals surface area contributed by atoms with Crippen LogP contribution in [0.15, 0.2) is 30.3 Å². The van der Waals surface area contributed by atoms with E-state index in [-0.39, 0.29) is 6.04 Å². The molecule has 0 fully saturated rings. The summed E-state index contributed by atoms with van der Waals surface area (Å²) in [6.45, 7) is 3.98. The SMILES string of the molecule is COC(=O)c1ccc(F)c(NC(C)c2ccc(C)s2)c1. The van der Waals surface area contributed by atoms with Crippen molar-refractivity contribution in [2.75, 3.05) is 12.4 Å². The Balaban J connectivity index is 2.22. The van der Waals surface area contributed by atoms with Crippen molar-refractivity contribution in [3.05, 3.63) is 51.5 Å². The van der Waals surface area contributed by atoms with Crippen LogP contribution in [0, 0.1) is 12.7 Å². The van der Waals surface area contributed by atoms with Crippen molar-refractivity contribution in [3.8, 4) is 0 Å². The van der Waals surface area contributed by atoms with Crippen molar-refractivity contribution in [2.24, 2.45) is 0 Å². The van der Waals surface area contributed by atoms with E-state index in [0.29, 0.717) is 11.3 Å². The van der Waals surface area contributed by atoms with E-state index in [1.165, 1.54) is 30.2 Å². The molecule has 1 N–H and O–H groups in total. The topological polar surface area (TPSA) is 38.3 Å². The highest BCUT2D eigenvalue weighted by Crippen LogP contribution is 2.27. The second kappa shape index (κ2) is 6.05. The molecule has 0 radical (unpaired) electrons. The quantitative estimate of drug-likeness (QED) is 0.860. The van der Waals surface area contributed by atoms with Crippen molar-refractivity contribution >= 4 is 23.0 Å². The Kier molecular flexibility index (Phi) is 4.39. The van der Waals surface area contributed by atoms with E-state index in [2.05, 4.69) is 10.1 Å². The van der Waals surface area contributed by atoms with Crippen LogP contribution in [0.3, 0.4) is 0 Å². The second-order valence-electron chi connectivity index (χ2n) is 4.50. The van der Waals surface area contributed by atoms with Gasteiger partial charge in [-0.25, -0.2) is 9.18 Å². The summed E-state index contributed by atoms with van der Waals surface area (Å²) in [5, 5.41) is 3.09. The smallest absolute Gasteiger partial charge is 0.337 e. The minimum Gasteiger partial charge on any atom is -0.465 e. The summed E-state index contributed by atoms with van der Waals surface area (Å²) in [6.07, 6.45) is 0. The van der Waals surface area contributed by atoms with Crippen molar-refractivity contribution in [1.82, 2.24) is 0 Å². The van der Waals surface area contributed by atoms with E-state index in [0.717, 1.165) is 4.88 Å². The molecule has 0 amide bonds. The number of hydrogen-bond donors (Lipinski definition) is 1. The molecule has 2 rings (SSSR count). The molecule has 0 spiro atoms. The predicted octanol–water partition coefficient (Wildman–Crippen LogP) is 4.16. The van der Waals surface area contributed by atoms with E-state index in [9.17, 15) is 9.18 Å². The third-order valence-electron chi connectivity index (χ3n) is 2.95. The van der Waals surface area contributed by atoms with Gasteiger partial charge in [0.15, 0.2) is 0 Å². The molecule has 0 aliphatic rings. The molecule has 20 heavy (non-hydrogen) atoms. The lowest BCUT2D eigenvalue weighted by Gasteiger charge is -2.15. The maximum atomic E-state index is 13.8. The predicted molar refractivity (Wildman–Crippen MR) is 78.8 cm³/mol. The Morgan fingerprint density at radius 1 is 1.35 bits per heavy atom. The summed E-state index contributed by atoms with van der Waals surface area (Å²) >= 11 is 1.66. The minimum absolute atomic E-state index is 0.0314. The Morgan fingerprint density at radius 3 is 2.70 bits per heavy atom. The summed E-state index contributed by atoms with van der Waals surface area (Å²) in [7, 11) is 1.30. The summed E-state index contributed by atoms with van der Waals surface area (Å²) in [4.78, 5) is 13.8. The van der Waals surface area contributed by atoms with Gasteiger partial charge in [-0.05, 0) is 44.2 Å². The second-order valence-corrected chi connectivity index (χ2v) is 5.82. The maximum Gasteiger partial charge on any atom is 0.337 e. The zero-order valence-electron chi connectivity index (χ0n) is 11.6. The van der Waals surface area contributed by atoms with Crippen molar-refractivity contribution < 1.29 is 13.9 Å². The molecule has 0 bridgehead atoms. The molecule has 0 saturated carbocycles. The van der Waals surface area contributed by atoms with Crippen molar-refractivity contribution in [3.63, 3.8) is 0 Å². The molecule has 2 aromatic rings. The van der Waals surface area contributed by atoms with Crippen molar-refractivity contribution in [2.45, 2.75) is 19.9 Å². The fourth-order valence-electron chi connectivity index (χ4n) is 1.87. The normalized spacial score (nSPS) is 12.0. The standard InChI is InChI=1S/C15H16FNO2S/c1-9-4-7-14(20-9)10(2)17-13-8-11(15(18)19-3)5-6-12(13)16/h4-8,10,17H,1-3H3. The number of halogens is 1. The number of methoxy groups -OCH3 is 1. The van der Waals surface area contributed by atoms with Gasteiger partial charge in [0.05, 0.1) is 24.4 Å². The van der Waals surface area contributed by atoms with Gasteiger partial charge in [-0.15, -0.1) is 11.3 Å². The van der Waals surface area contributed by atoms with Gasteiger partial charge in [-0.3, -0.25) is 0 Å². The number of benzene rings is 1. The van der Waals surface area contributed by atoms with Crippen LogP contribution in [0.2, 0.25) is 0 Å². The molecule has 5 heteroatoms. The highest BCUT2D eigenvalue weighted by molar-refractivity contribution is 7.12. The molecule has 3 nitrogen and oxygen atoms in total. The molecule has 0 saturated heterocycles. The summed E-state index contributed by atoms with van der Waals surface area (Å²) < 4.78 is 18.4. The lowest BCUT2D eigenvalue weighted by atomic mass is 10.1. The van der Waals surface area contributed by atoms with Crippen LogP contribution in [0.1, 0.15) is 33.1 Å². The Labute approximate surface area is 121 Å². The van der Waals surface area contributed by atoms with Crippen LogP contribution >= 0.6 is 11.3 Å². The summed E-state index contributed by atoms with van der Waals surface area (Å²) in [6, 6.07) is 8.15. The maximum absolute atomic E-state index is 13.8. The Bertz CT molecular complexity index is 624. The van der Waals surface area contributed by atoms with E-state index in [1.54, 1.807) is 11.3 Å². The number of nitrogens with one attached hydrogen (secondary N) is 1. The molecule has 1 aromatic carbocycles. The van der Waals surface area contributed by atoms with Gasteiger partial charge in [-0.1, -0.05) is 0 Å². The van der Waals surface area contributed by atoms with Crippen LogP contribution in [-0.4, -0.2) is 13.1 Å². The zero-order chi connectivity index (χ0) is 14.7. The molecule has 0 aliphatic heterocycles. The molecule has 0 aliphatic carbocycles. The highest BCUT2D eigenvalue weighted by Gasteiger charge is 2.13. The first-order valence-corrected chi connectivity index (χ1v) is 7.03. The summed E-state index contributed by atoms with van der Waals surface area (Å²) in [5.41, 5.74) is 0.623. The van der Waals surface area contributed by atoms with Crippen LogP contribution < -0.4 is 5.32 Å². The first kappa shape index (κ1) is 14.5.